The number of nitrogens with one attached hydrogen (secondary N) is 1. The van der Waals surface area contributed by atoms with Crippen LogP contribution in [0.2, 0.25) is 0 Å². The zero-order valence-electron chi connectivity index (χ0n) is 19.1. The Morgan fingerprint density at radius 3 is 2.21 bits per heavy atom. The molecule has 4 saturated carbocycles. The summed E-state index contributed by atoms with van der Waals surface area (Å²) in [7, 11) is 0. The molecule has 1 amide bonds. The van der Waals surface area contributed by atoms with E-state index in [1.54, 1.807) is 12.1 Å². The SMILES string of the molecule is O=C(NN=Cc1c(O)n(Cc2ccccc2)c(=O)c2ccccc12)C12CC3CC(CC(C3)C1)C2. The molecule has 0 unspecified atom stereocenters. The van der Waals surface area contributed by atoms with Gasteiger partial charge in [0.25, 0.3) is 5.56 Å². The van der Waals surface area contributed by atoms with E-state index >= 15 is 0 Å². The van der Waals surface area contributed by atoms with E-state index in [9.17, 15) is 14.7 Å². The minimum atomic E-state index is -0.289. The number of aromatic hydroxyl groups is 1. The van der Waals surface area contributed by atoms with Crippen LogP contribution in [0.5, 0.6) is 5.88 Å². The van der Waals surface area contributed by atoms with Crippen LogP contribution in [-0.4, -0.2) is 21.8 Å². The second-order valence-electron chi connectivity index (χ2n) is 10.6. The van der Waals surface area contributed by atoms with Gasteiger partial charge in [-0.1, -0.05) is 48.5 Å². The molecule has 2 N–H and O–H groups in total. The van der Waals surface area contributed by atoms with Crippen LogP contribution in [0, 0.1) is 23.2 Å². The van der Waals surface area contributed by atoms with Crippen molar-refractivity contribution >= 4 is 22.9 Å². The molecule has 0 saturated heterocycles. The maximum atomic E-state index is 13.3. The summed E-state index contributed by atoms with van der Waals surface area (Å²) in [5.41, 5.74) is 3.59. The maximum Gasteiger partial charge on any atom is 0.261 e. The molecule has 7 rings (SSSR count). The van der Waals surface area contributed by atoms with Gasteiger partial charge in [0.2, 0.25) is 11.8 Å². The fourth-order valence-corrected chi connectivity index (χ4v) is 7.11. The van der Waals surface area contributed by atoms with Gasteiger partial charge in [-0.2, -0.15) is 5.10 Å². The van der Waals surface area contributed by atoms with Gasteiger partial charge in [0, 0.05) is 10.8 Å². The number of carbonyl (C=O) groups excluding carboxylic acids is 1. The molecule has 4 bridgehead atoms. The topological polar surface area (TPSA) is 83.7 Å². The van der Waals surface area contributed by atoms with E-state index in [4.69, 9.17) is 0 Å². The van der Waals surface area contributed by atoms with Crippen LogP contribution in [0.1, 0.15) is 49.7 Å². The first-order valence-electron chi connectivity index (χ1n) is 12.2. The fraction of sp³-hybridized carbons (Fsp3) is 0.393. The van der Waals surface area contributed by atoms with E-state index in [0.29, 0.717) is 34.1 Å². The van der Waals surface area contributed by atoms with Crippen LogP contribution in [0.3, 0.4) is 0 Å². The summed E-state index contributed by atoms with van der Waals surface area (Å²) in [6, 6.07) is 16.7. The van der Waals surface area contributed by atoms with Crippen molar-refractivity contribution in [2.45, 2.75) is 45.1 Å². The highest BCUT2D eigenvalue weighted by molar-refractivity contribution is 6.01. The number of carbonyl (C=O) groups is 1. The molecule has 1 aromatic heterocycles. The molecule has 0 spiro atoms. The molecular formula is C28H29N3O3. The van der Waals surface area contributed by atoms with E-state index in [0.717, 1.165) is 24.8 Å². The molecule has 4 aliphatic carbocycles. The van der Waals surface area contributed by atoms with Gasteiger partial charge < -0.3 is 5.11 Å². The van der Waals surface area contributed by atoms with Crippen molar-refractivity contribution in [1.29, 1.82) is 0 Å². The first-order chi connectivity index (χ1) is 16.5. The molecule has 1 heterocycles. The molecule has 3 aromatic rings. The summed E-state index contributed by atoms with van der Waals surface area (Å²) in [6.07, 6.45) is 8.22. The van der Waals surface area contributed by atoms with Crippen molar-refractivity contribution in [2.75, 3.05) is 0 Å². The van der Waals surface area contributed by atoms with Crippen LogP contribution in [0.15, 0.2) is 64.5 Å². The Labute approximate surface area is 198 Å². The van der Waals surface area contributed by atoms with Crippen molar-refractivity contribution in [2.24, 2.45) is 28.3 Å². The van der Waals surface area contributed by atoms with Gasteiger partial charge >= 0.3 is 0 Å². The van der Waals surface area contributed by atoms with Gasteiger partial charge in [0.15, 0.2) is 0 Å². The molecule has 4 aliphatic rings. The van der Waals surface area contributed by atoms with Gasteiger partial charge in [0.05, 0.1) is 23.7 Å². The molecule has 174 valence electrons. The largest absolute Gasteiger partial charge is 0.494 e. The van der Waals surface area contributed by atoms with Crippen LogP contribution < -0.4 is 11.0 Å². The summed E-state index contributed by atoms with van der Waals surface area (Å²) >= 11 is 0. The predicted molar refractivity (Wildman–Crippen MR) is 132 cm³/mol. The molecule has 0 atom stereocenters. The van der Waals surface area contributed by atoms with E-state index in [2.05, 4.69) is 10.5 Å². The van der Waals surface area contributed by atoms with Crippen molar-refractivity contribution in [1.82, 2.24) is 9.99 Å². The van der Waals surface area contributed by atoms with Gasteiger partial charge in [-0.15, -0.1) is 0 Å². The Kier molecular flexibility index (Phi) is 5.05. The van der Waals surface area contributed by atoms with Gasteiger partial charge in [-0.05, 0) is 67.9 Å². The third-order valence-electron chi connectivity index (χ3n) is 8.25. The van der Waals surface area contributed by atoms with Crippen molar-refractivity contribution in [3.63, 3.8) is 0 Å². The zero-order valence-corrected chi connectivity index (χ0v) is 19.1. The predicted octanol–water partition coefficient (Wildman–Crippen LogP) is 4.42. The first kappa shape index (κ1) is 21.1. The van der Waals surface area contributed by atoms with Crippen molar-refractivity contribution in [3.8, 4) is 5.88 Å². The van der Waals surface area contributed by atoms with Crippen LogP contribution in [0.25, 0.3) is 10.8 Å². The number of aromatic nitrogens is 1. The van der Waals surface area contributed by atoms with Crippen LogP contribution >= 0.6 is 0 Å². The quantitative estimate of drug-likeness (QED) is 0.441. The van der Waals surface area contributed by atoms with Crippen molar-refractivity contribution < 1.29 is 9.90 Å². The lowest BCUT2D eigenvalue weighted by Gasteiger charge is -2.55. The summed E-state index contributed by atoms with van der Waals surface area (Å²) in [6.45, 7) is 0.247. The molecular weight excluding hydrogens is 426 g/mol. The number of hydrazone groups is 1. The number of hydrogen-bond donors (Lipinski definition) is 2. The third kappa shape index (κ3) is 3.52. The average molecular weight is 456 g/mol. The Bertz CT molecular complexity index is 1310. The number of nitrogens with zero attached hydrogens (tertiary/aromatic N) is 2. The first-order valence-corrected chi connectivity index (χ1v) is 12.2. The lowest BCUT2D eigenvalue weighted by molar-refractivity contribution is -0.146. The number of benzene rings is 2. The van der Waals surface area contributed by atoms with Gasteiger partial charge in [-0.25, -0.2) is 5.43 Å². The van der Waals surface area contributed by atoms with E-state index in [1.807, 2.05) is 42.5 Å². The van der Waals surface area contributed by atoms with Crippen LogP contribution in [0.4, 0.5) is 0 Å². The van der Waals surface area contributed by atoms with Crippen LogP contribution in [-0.2, 0) is 11.3 Å². The number of hydrogen-bond acceptors (Lipinski definition) is 4. The number of pyridine rings is 1. The minimum Gasteiger partial charge on any atom is -0.494 e. The number of amides is 1. The third-order valence-corrected chi connectivity index (χ3v) is 8.25. The Morgan fingerprint density at radius 1 is 0.971 bits per heavy atom. The lowest BCUT2D eigenvalue weighted by Crippen LogP contribution is -2.52. The van der Waals surface area contributed by atoms with Gasteiger partial charge in [-0.3, -0.25) is 14.2 Å². The van der Waals surface area contributed by atoms with E-state index in [1.165, 1.54) is 30.0 Å². The Morgan fingerprint density at radius 2 is 1.56 bits per heavy atom. The molecule has 2 aromatic carbocycles. The minimum absolute atomic E-state index is 0.00394. The van der Waals surface area contributed by atoms with Gasteiger partial charge in [0.1, 0.15) is 0 Å². The smallest absolute Gasteiger partial charge is 0.261 e. The lowest BCUT2D eigenvalue weighted by atomic mass is 9.49. The standard InChI is InChI=1S/C28H29N3O3/c32-25-23-9-5-4-8-22(23)24(26(33)31(25)17-18-6-2-1-3-7-18)16-29-30-27(34)28-13-19-10-20(14-28)12-21(11-19)15-28/h1-9,16,19-21,33H,10-15,17H2,(H,30,34). The highest BCUT2D eigenvalue weighted by Crippen LogP contribution is 2.60. The summed E-state index contributed by atoms with van der Waals surface area (Å²) < 4.78 is 1.36. The normalized spacial score (nSPS) is 27.5. The molecule has 6 heteroatoms. The summed E-state index contributed by atoms with van der Waals surface area (Å²) in [5, 5.41) is 16.5. The Hall–Kier alpha value is -3.41. The Balaban J connectivity index is 1.31. The highest BCUT2D eigenvalue weighted by Gasteiger charge is 2.54. The second kappa shape index (κ2) is 8.12. The summed E-state index contributed by atoms with van der Waals surface area (Å²) in [4.78, 5) is 26.4. The second-order valence-corrected chi connectivity index (χ2v) is 10.6. The summed E-state index contributed by atoms with van der Waals surface area (Å²) in [5.74, 6) is 1.88. The maximum absolute atomic E-state index is 13.3. The van der Waals surface area contributed by atoms with E-state index in [-0.39, 0.29) is 29.3 Å². The number of rotatable bonds is 5. The highest BCUT2D eigenvalue weighted by atomic mass is 16.3. The molecule has 4 fully saturated rings. The van der Waals surface area contributed by atoms with Crippen molar-refractivity contribution in [3.05, 3.63) is 76.1 Å². The average Bonchev–Trinajstić information content (AvgIpc) is 2.83. The van der Waals surface area contributed by atoms with E-state index < -0.39 is 0 Å². The monoisotopic (exact) mass is 455 g/mol. The molecule has 6 nitrogen and oxygen atoms in total. The molecule has 0 radical (unpaired) electrons. The molecule has 0 aliphatic heterocycles. The fourth-order valence-electron chi connectivity index (χ4n) is 7.11. The molecule has 34 heavy (non-hydrogen) atoms. The number of fused-ring (bicyclic) bond motifs is 1. The zero-order chi connectivity index (χ0) is 23.3.